The molecule has 7 nitrogen and oxygen atoms in total. The lowest BCUT2D eigenvalue weighted by Crippen LogP contribution is -2.13. The van der Waals surface area contributed by atoms with Gasteiger partial charge in [0.1, 0.15) is 17.2 Å². The SMILES string of the molecule is COc1cc(-c2n[nH]nc2C(N)=O)c(OC)cc1C. The van der Waals surface area contributed by atoms with Crippen LogP contribution in [0.2, 0.25) is 0 Å². The van der Waals surface area contributed by atoms with Gasteiger partial charge in [0.05, 0.1) is 19.8 Å². The summed E-state index contributed by atoms with van der Waals surface area (Å²) in [6.07, 6.45) is 0. The number of hydrogen-bond donors (Lipinski definition) is 2. The molecule has 7 heteroatoms. The number of hydrogen-bond acceptors (Lipinski definition) is 5. The van der Waals surface area contributed by atoms with Gasteiger partial charge < -0.3 is 15.2 Å². The van der Waals surface area contributed by atoms with E-state index < -0.39 is 5.91 Å². The summed E-state index contributed by atoms with van der Waals surface area (Å²) in [6.45, 7) is 1.89. The first kappa shape index (κ1) is 12.9. The van der Waals surface area contributed by atoms with Crippen LogP contribution in [0, 0.1) is 6.92 Å². The number of H-pyrrole nitrogens is 1. The number of aromatic nitrogens is 3. The lowest BCUT2D eigenvalue weighted by Gasteiger charge is -2.11. The van der Waals surface area contributed by atoms with Gasteiger partial charge in [0.25, 0.3) is 5.91 Å². The lowest BCUT2D eigenvalue weighted by atomic mass is 10.1. The average Bonchev–Trinajstić information content (AvgIpc) is 2.87. The molecule has 0 bridgehead atoms. The highest BCUT2D eigenvalue weighted by Gasteiger charge is 2.20. The Balaban J connectivity index is 2.66. The van der Waals surface area contributed by atoms with E-state index in [1.807, 2.05) is 6.92 Å². The van der Waals surface area contributed by atoms with Crippen molar-refractivity contribution >= 4 is 5.91 Å². The minimum Gasteiger partial charge on any atom is -0.496 e. The number of aryl methyl sites for hydroxylation is 1. The number of carbonyl (C=O) groups excluding carboxylic acids is 1. The molecule has 2 rings (SSSR count). The molecule has 0 radical (unpaired) electrons. The zero-order valence-electron chi connectivity index (χ0n) is 10.9. The maximum Gasteiger partial charge on any atom is 0.271 e. The van der Waals surface area contributed by atoms with Crippen LogP contribution in [0.5, 0.6) is 11.5 Å². The molecule has 1 heterocycles. The van der Waals surface area contributed by atoms with Crippen LogP contribution in [-0.4, -0.2) is 35.5 Å². The molecule has 1 amide bonds. The summed E-state index contributed by atoms with van der Waals surface area (Å²) in [5.41, 5.74) is 7.15. The van der Waals surface area contributed by atoms with Gasteiger partial charge in [-0.3, -0.25) is 4.79 Å². The van der Waals surface area contributed by atoms with E-state index in [1.54, 1.807) is 19.2 Å². The Labute approximate surface area is 109 Å². The van der Waals surface area contributed by atoms with Gasteiger partial charge in [-0.15, -0.1) is 0 Å². The standard InChI is InChI=1S/C12H14N4O3/c1-6-4-9(19-3)7(5-8(6)18-2)10-11(12(13)17)15-16-14-10/h4-5H,1-3H3,(H2,13,17)(H,14,15,16). The molecule has 100 valence electrons. The normalized spacial score (nSPS) is 10.3. The van der Waals surface area contributed by atoms with E-state index in [0.717, 1.165) is 5.56 Å². The number of primary amides is 1. The predicted octanol–water partition coefficient (Wildman–Crippen LogP) is 0.896. The molecule has 2 aromatic rings. The van der Waals surface area contributed by atoms with Crippen molar-refractivity contribution in [3.63, 3.8) is 0 Å². The number of nitrogens with two attached hydrogens (primary N) is 1. The molecule has 0 fully saturated rings. The van der Waals surface area contributed by atoms with E-state index >= 15 is 0 Å². The van der Waals surface area contributed by atoms with Gasteiger partial charge in [-0.05, 0) is 24.6 Å². The molecule has 0 atom stereocenters. The average molecular weight is 262 g/mol. The Hall–Kier alpha value is -2.57. The van der Waals surface area contributed by atoms with Crippen LogP contribution < -0.4 is 15.2 Å². The van der Waals surface area contributed by atoms with Crippen molar-refractivity contribution < 1.29 is 14.3 Å². The van der Waals surface area contributed by atoms with E-state index in [4.69, 9.17) is 15.2 Å². The fraction of sp³-hybridized carbons (Fsp3) is 0.250. The van der Waals surface area contributed by atoms with E-state index in [9.17, 15) is 4.79 Å². The highest BCUT2D eigenvalue weighted by atomic mass is 16.5. The number of methoxy groups -OCH3 is 2. The van der Waals surface area contributed by atoms with Crippen LogP contribution in [-0.2, 0) is 0 Å². The van der Waals surface area contributed by atoms with Crippen molar-refractivity contribution in [3.05, 3.63) is 23.4 Å². The van der Waals surface area contributed by atoms with E-state index in [2.05, 4.69) is 15.4 Å². The summed E-state index contributed by atoms with van der Waals surface area (Å²) in [6, 6.07) is 3.53. The second kappa shape index (κ2) is 4.97. The first-order valence-electron chi connectivity index (χ1n) is 5.52. The molecule has 0 saturated heterocycles. The van der Waals surface area contributed by atoms with Crippen LogP contribution in [0.4, 0.5) is 0 Å². The van der Waals surface area contributed by atoms with Gasteiger partial charge in [0, 0.05) is 0 Å². The highest BCUT2D eigenvalue weighted by Crippen LogP contribution is 2.35. The lowest BCUT2D eigenvalue weighted by molar-refractivity contribution is 0.0996. The number of nitrogens with one attached hydrogen (secondary N) is 1. The number of nitrogens with zero attached hydrogens (tertiary/aromatic N) is 2. The minimum absolute atomic E-state index is 0.0595. The quantitative estimate of drug-likeness (QED) is 0.851. The van der Waals surface area contributed by atoms with E-state index in [0.29, 0.717) is 22.8 Å². The zero-order valence-corrected chi connectivity index (χ0v) is 10.9. The third-order valence-corrected chi connectivity index (χ3v) is 2.75. The number of carbonyl (C=O) groups is 1. The minimum atomic E-state index is -0.662. The molecule has 1 aromatic heterocycles. The first-order chi connectivity index (χ1) is 9.08. The smallest absolute Gasteiger partial charge is 0.271 e. The molecule has 19 heavy (non-hydrogen) atoms. The summed E-state index contributed by atoms with van der Waals surface area (Å²) in [4.78, 5) is 11.3. The molecular weight excluding hydrogens is 248 g/mol. The first-order valence-corrected chi connectivity index (χ1v) is 5.52. The summed E-state index contributed by atoms with van der Waals surface area (Å²) in [7, 11) is 3.10. The number of ether oxygens (including phenoxy) is 2. The van der Waals surface area contributed by atoms with Crippen molar-refractivity contribution in [2.24, 2.45) is 5.73 Å². The fourth-order valence-electron chi connectivity index (χ4n) is 1.83. The zero-order chi connectivity index (χ0) is 14.0. The van der Waals surface area contributed by atoms with Crippen LogP contribution in [0.3, 0.4) is 0 Å². The second-order valence-corrected chi connectivity index (χ2v) is 3.91. The monoisotopic (exact) mass is 262 g/mol. The summed E-state index contributed by atoms with van der Waals surface area (Å²) in [5, 5.41) is 10.1. The maximum atomic E-state index is 11.3. The van der Waals surface area contributed by atoms with Gasteiger partial charge in [-0.25, -0.2) is 0 Å². The third kappa shape index (κ3) is 2.22. The van der Waals surface area contributed by atoms with Crippen molar-refractivity contribution in [2.75, 3.05) is 14.2 Å². The molecule has 0 aliphatic heterocycles. The Morgan fingerprint density at radius 2 is 1.89 bits per heavy atom. The van der Waals surface area contributed by atoms with Crippen LogP contribution >= 0.6 is 0 Å². The van der Waals surface area contributed by atoms with Gasteiger partial charge in [0.15, 0.2) is 5.69 Å². The summed E-state index contributed by atoms with van der Waals surface area (Å²) >= 11 is 0. The molecule has 1 aromatic carbocycles. The number of amides is 1. The number of benzene rings is 1. The molecule has 0 spiro atoms. The molecular formula is C12H14N4O3. The summed E-state index contributed by atoms with van der Waals surface area (Å²) < 4.78 is 10.5. The molecule has 3 N–H and O–H groups in total. The highest BCUT2D eigenvalue weighted by molar-refractivity contribution is 5.97. The van der Waals surface area contributed by atoms with Gasteiger partial charge in [0.2, 0.25) is 0 Å². The summed E-state index contributed by atoms with van der Waals surface area (Å²) in [5.74, 6) is 0.564. The Kier molecular flexibility index (Phi) is 3.37. The Morgan fingerprint density at radius 3 is 2.47 bits per heavy atom. The predicted molar refractivity (Wildman–Crippen MR) is 68.2 cm³/mol. The second-order valence-electron chi connectivity index (χ2n) is 3.91. The number of aromatic amines is 1. The van der Waals surface area contributed by atoms with Crippen LogP contribution in [0.25, 0.3) is 11.3 Å². The van der Waals surface area contributed by atoms with E-state index in [-0.39, 0.29) is 5.69 Å². The molecule has 0 saturated carbocycles. The molecule has 0 aliphatic rings. The fourth-order valence-corrected chi connectivity index (χ4v) is 1.83. The van der Waals surface area contributed by atoms with Crippen LogP contribution in [0.15, 0.2) is 12.1 Å². The van der Waals surface area contributed by atoms with Crippen molar-refractivity contribution in [1.29, 1.82) is 0 Å². The van der Waals surface area contributed by atoms with Gasteiger partial charge >= 0.3 is 0 Å². The van der Waals surface area contributed by atoms with Crippen molar-refractivity contribution in [2.45, 2.75) is 6.92 Å². The Bertz CT molecular complexity index is 621. The van der Waals surface area contributed by atoms with Crippen LogP contribution in [0.1, 0.15) is 16.1 Å². The van der Waals surface area contributed by atoms with E-state index in [1.165, 1.54) is 7.11 Å². The third-order valence-electron chi connectivity index (χ3n) is 2.75. The topological polar surface area (TPSA) is 103 Å². The number of rotatable bonds is 4. The van der Waals surface area contributed by atoms with Crippen molar-refractivity contribution in [1.82, 2.24) is 15.4 Å². The largest absolute Gasteiger partial charge is 0.496 e. The molecule has 0 unspecified atom stereocenters. The Morgan fingerprint density at radius 1 is 1.21 bits per heavy atom. The van der Waals surface area contributed by atoms with Gasteiger partial charge in [-0.1, -0.05) is 0 Å². The maximum absolute atomic E-state index is 11.3. The van der Waals surface area contributed by atoms with Crippen molar-refractivity contribution in [3.8, 4) is 22.8 Å². The van der Waals surface area contributed by atoms with Gasteiger partial charge in [-0.2, -0.15) is 15.4 Å². The molecule has 0 aliphatic carbocycles.